The molecule has 0 fully saturated rings. The highest BCUT2D eigenvalue weighted by atomic mass is 15.0. The highest BCUT2D eigenvalue weighted by Gasteiger charge is 2.21. The minimum atomic E-state index is 0.518. The van der Waals surface area contributed by atoms with Crippen molar-refractivity contribution in [1.82, 2.24) is 24.1 Å². The van der Waals surface area contributed by atoms with Crippen LogP contribution in [0.15, 0.2) is 146 Å². The molecule has 0 saturated carbocycles. The molecule has 0 aliphatic heterocycles. The van der Waals surface area contributed by atoms with E-state index in [9.17, 15) is 5.26 Å². The van der Waals surface area contributed by atoms with Crippen molar-refractivity contribution < 1.29 is 0 Å². The molecule has 0 spiro atoms. The van der Waals surface area contributed by atoms with Crippen LogP contribution in [-0.2, 0) is 0 Å². The molecule has 6 nitrogen and oxygen atoms in total. The van der Waals surface area contributed by atoms with Gasteiger partial charge in [0.05, 0.1) is 33.3 Å². The zero-order valence-electron chi connectivity index (χ0n) is 31.5. The van der Waals surface area contributed by atoms with Crippen molar-refractivity contribution in [2.24, 2.45) is 0 Å². The van der Waals surface area contributed by atoms with E-state index in [1.165, 1.54) is 5.39 Å². The Morgan fingerprint density at radius 1 is 0.411 bits per heavy atom. The van der Waals surface area contributed by atoms with Crippen LogP contribution in [0.1, 0.15) is 27.8 Å². The van der Waals surface area contributed by atoms with Gasteiger partial charge in [-0.2, -0.15) is 5.26 Å². The van der Waals surface area contributed by atoms with Crippen LogP contribution in [0.2, 0.25) is 0 Å². The molecule has 6 heteroatoms. The molecule has 7 aromatic carbocycles. The fourth-order valence-electron chi connectivity index (χ4n) is 8.48. The Balaban J connectivity index is 1.19. The smallest absolute Gasteiger partial charge is 0.164 e. The van der Waals surface area contributed by atoms with Crippen LogP contribution in [0, 0.1) is 39.0 Å². The van der Waals surface area contributed by atoms with Gasteiger partial charge in [0, 0.05) is 43.9 Å². The number of fused-ring (bicyclic) bond motifs is 6. The summed E-state index contributed by atoms with van der Waals surface area (Å²) in [6.45, 7) is 8.34. The summed E-state index contributed by atoms with van der Waals surface area (Å²) in [4.78, 5) is 15.1. The first-order valence-corrected chi connectivity index (χ1v) is 18.8. The predicted octanol–water partition coefficient (Wildman–Crippen LogP) is 12.2. The lowest BCUT2D eigenvalue weighted by Crippen LogP contribution is -2.02. The van der Waals surface area contributed by atoms with Crippen LogP contribution < -0.4 is 0 Å². The second-order valence-electron chi connectivity index (χ2n) is 14.8. The fourth-order valence-corrected chi connectivity index (χ4v) is 8.48. The molecule has 0 N–H and O–H groups in total. The molecule has 3 aromatic heterocycles. The van der Waals surface area contributed by atoms with Crippen molar-refractivity contribution in [2.75, 3.05) is 0 Å². The monoisotopic (exact) mass is 720 g/mol. The number of hydrogen-bond acceptors (Lipinski definition) is 4. The average molecular weight is 721 g/mol. The number of nitriles is 1. The highest BCUT2D eigenvalue weighted by molar-refractivity contribution is 6.19. The summed E-state index contributed by atoms with van der Waals surface area (Å²) in [6.07, 6.45) is 0. The summed E-state index contributed by atoms with van der Waals surface area (Å²) in [5.41, 5.74) is 14.0. The van der Waals surface area contributed by atoms with E-state index in [-0.39, 0.29) is 0 Å². The van der Waals surface area contributed by atoms with Crippen LogP contribution in [0.25, 0.3) is 89.2 Å². The number of aryl methyl sites for hydroxylation is 4. The zero-order valence-corrected chi connectivity index (χ0v) is 31.5. The van der Waals surface area contributed by atoms with E-state index in [1.807, 2.05) is 18.2 Å². The summed E-state index contributed by atoms with van der Waals surface area (Å²) < 4.78 is 4.58. The second-order valence-corrected chi connectivity index (χ2v) is 14.8. The maximum Gasteiger partial charge on any atom is 0.164 e. The van der Waals surface area contributed by atoms with E-state index in [2.05, 4.69) is 170 Å². The van der Waals surface area contributed by atoms with Gasteiger partial charge >= 0.3 is 0 Å². The van der Waals surface area contributed by atoms with E-state index in [0.29, 0.717) is 23.0 Å². The predicted molar refractivity (Wildman–Crippen MR) is 228 cm³/mol. The van der Waals surface area contributed by atoms with Crippen molar-refractivity contribution in [2.45, 2.75) is 27.7 Å². The molecule has 0 aliphatic carbocycles. The normalized spacial score (nSPS) is 11.6. The first kappa shape index (κ1) is 33.2. The molecule has 0 unspecified atom stereocenters. The van der Waals surface area contributed by atoms with E-state index >= 15 is 0 Å². The lowest BCUT2D eigenvalue weighted by Gasteiger charge is -2.13. The first-order chi connectivity index (χ1) is 27.3. The molecule has 0 amide bonds. The summed E-state index contributed by atoms with van der Waals surface area (Å²) in [6, 6.07) is 53.4. The quantitative estimate of drug-likeness (QED) is 0.177. The van der Waals surface area contributed by atoms with Gasteiger partial charge in [-0.1, -0.05) is 89.0 Å². The Morgan fingerprint density at radius 3 is 1.41 bits per heavy atom. The minimum absolute atomic E-state index is 0.518. The Morgan fingerprint density at radius 2 is 0.875 bits per heavy atom. The second kappa shape index (κ2) is 12.9. The Labute approximate surface area is 324 Å². The van der Waals surface area contributed by atoms with Gasteiger partial charge in [-0.05, 0) is 107 Å². The van der Waals surface area contributed by atoms with Gasteiger partial charge in [0.1, 0.15) is 6.07 Å². The Bertz CT molecular complexity index is 3140. The zero-order chi connectivity index (χ0) is 38.1. The van der Waals surface area contributed by atoms with Gasteiger partial charge in [-0.15, -0.1) is 0 Å². The largest absolute Gasteiger partial charge is 0.309 e. The topological polar surface area (TPSA) is 72.3 Å². The molecule has 10 rings (SSSR count). The lowest BCUT2D eigenvalue weighted by molar-refractivity contribution is 1.07. The molecule has 0 aliphatic rings. The molecule has 0 bridgehead atoms. The molecular formula is C50H36N6. The van der Waals surface area contributed by atoms with Gasteiger partial charge in [0.15, 0.2) is 17.5 Å². The highest BCUT2D eigenvalue weighted by Crippen LogP contribution is 2.40. The van der Waals surface area contributed by atoms with Gasteiger partial charge in [0.2, 0.25) is 0 Å². The van der Waals surface area contributed by atoms with Crippen molar-refractivity contribution in [1.29, 1.82) is 5.26 Å². The maximum atomic E-state index is 10.8. The molecule has 0 radical (unpaired) electrons. The van der Waals surface area contributed by atoms with E-state index in [0.717, 1.165) is 88.5 Å². The van der Waals surface area contributed by atoms with E-state index in [4.69, 9.17) is 15.0 Å². The Kier molecular flexibility index (Phi) is 7.65. The van der Waals surface area contributed by atoms with Crippen LogP contribution >= 0.6 is 0 Å². The molecule has 0 atom stereocenters. The number of nitrogens with zero attached hydrogens (tertiary/aromatic N) is 6. The van der Waals surface area contributed by atoms with Gasteiger partial charge < -0.3 is 9.13 Å². The third-order valence-electron chi connectivity index (χ3n) is 10.7. The summed E-state index contributed by atoms with van der Waals surface area (Å²) in [5.74, 6) is 1.71. The van der Waals surface area contributed by atoms with Gasteiger partial charge in [0.25, 0.3) is 0 Å². The number of hydrogen-bond donors (Lipinski definition) is 0. The van der Waals surface area contributed by atoms with E-state index in [1.54, 1.807) is 0 Å². The third-order valence-corrected chi connectivity index (χ3v) is 10.7. The first-order valence-electron chi connectivity index (χ1n) is 18.8. The molecule has 3 heterocycles. The van der Waals surface area contributed by atoms with Crippen LogP contribution in [0.3, 0.4) is 0 Å². The summed E-state index contributed by atoms with van der Waals surface area (Å²) in [5, 5.41) is 15.4. The third kappa shape index (κ3) is 5.44. The van der Waals surface area contributed by atoms with Gasteiger partial charge in [-0.25, -0.2) is 15.0 Å². The van der Waals surface area contributed by atoms with Crippen LogP contribution in [0.4, 0.5) is 0 Å². The van der Waals surface area contributed by atoms with Crippen LogP contribution in [-0.4, -0.2) is 24.1 Å². The summed E-state index contributed by atoms with van der Waals surface area (Å²) in [7, 11) is 0. The number of aromatic nitrogens is 5. The number of rotatable bonds is 5. The Hall–Kier alpha value is -7.36. The average Bonchev–Trinajstić information content (AvgIpc) is 3.71. The van der Waals surface area contributed by atoms with Crippen molar-refractivity contribution in [3.63, 3.8) is 0 Å². The lowest BCUT2D eigenvalue weighted by atomic mass is 10.0. The molecule has 266 valence electrons. The summed E-state index contributed by atoms with van der Waals surface area (Å²) >= 11 is 0. The van der Waals surface area contributed by atoms with Crippen LogP contribution in [0.5, 0.6) is 0 Å². The maximum absolute atomic E-state index is 10.8. The number of benzene rings is 7. The molecule has 0 saturated heterocycles. The molecule has 10 aromatic rings. The van der Waals surface area contributed by atoms with Crippen molar-refractivity contribution in [3.05, 3.63) is 173 Å². The fraction of sp³-hybridized carbons (Fsp3) is 0.0800. The van der Waals surface area contributed by atoms with Gasteiger partial charge in [-0.3, -0.25) is 0 Å². The van der Waals surface area contributed by atoms with Crippen molar-refractivity contribution in [3.8, 4) is 51.6 Å². The molecule has 56 heavy (non-hydrogen) atoms. The van der Waals surface area contributed by atoms with Crippen molar-refractivity contribution >= 4 is 43.6 Å². The number of para-hydroxylation sites is 3. The molecular weight excluding hydrogens is 685 g/mol. The minimum Gasteiger partial charge on any atom is -0.309 e. The standard InChI is InChI=1S/C50H36N6/c1-30-20-31(2)23-35(22-30)49-52-48(53-50(54-49)36-24-32(3)21-33(4)25-36)34-18-19-43(37(26-34)29-51)56-45-17-11-9-15-40(45)42-27-46-41(28-47(42)56)39-14-8-10-16-44(39)55(46)38-12-6-5-7-13-38/h5-28H,1-4H3. The SMILES string of the molecule is Cc1cc(C)cc(-c2nc(-c3cc(C)cc(C)c3)nc(-c3ccc(-n4c5ccccc5c5cc6c(cc54)c4ccccc4n6-c4ccccc4)c(C#N)c3)n2)c1. The van der Waals surface area contributed by atoms with E-state index < -0.39 is 0 Å².